The van der Waals surface area contributed by atoms with Gasteiger partial charge in [-0.2, -0.15) is 0 Å². The van der Waals surface area contributed by atoms with Crippen molar-refractivity contribution in [3.63, 3.8) is 0 Å². The predicted molar refractivity (Wildman–Crippen MR) is 112 cm³/mol. The van der Waals surface area contributed by atoms with Crippen LogP contribution in [0.15, 0.2) is 64.5 Å². The third-order valence-corrected chi connectivity index (χ3v) is 5.87. The van der Waals surface area contributed by atoms with Gasteiger partial charge in [-0.1, -0.05) is 54.2 Å². The number of thioether (sulfide) groups is 1. The lowest BCUT2D eigenvalue weighted by Crippen LogP contribution is -2.27. The molecule has 0 atom stereocenters. The number of rotatable bonds is 6. The number of hydrogen-bond donors (Lipinski definition) is 1. The smallest absolute Gasteiger partial charge is 0.263 e. The summed E-state index contributed by atoms with van der Waals surface area (Å²) in [4.78, 5) is 25.3. The van der Waals surface area contributed by atoms with Crippen molar-refractivity contribution in [1.82, 2.24) is 24.5 Å². The molecule has 2 aromatic heterocycles. The second-order valence-corrected chi connectivity index (χ2v) is 8.08. The largest absolute Gasteiger partial charge is 0.353 e. The molecule has 1 N–H and O–H groups in total. The van der Waals surface area contributed by atoms with Gasteiger partial charge in [-0.15, -0.1) is 10.2 Å². The molecule has 0 saturated heterocycles. The van der Waals surface area contributed by atoms with E-state index < -0.39 is 0 Å². The summed E-state index contributed by atoms with van der Waals surface area (Å²) in [5.41, 5.74) is 1.65. The highest BCUT2D eigenvalue weighted by molar-refractivity contribution is 7.99. The van der Waals surface area contributed by atoms with Gasteiger partial charge in [-0.25, -0.2) is 0 Å². The lowest BCUT2D eigenvalue weighted by atomic mass is 10.2. The lowest BCUT2D eigenvalue weighted by molar-refractivity contribution is -0.118. The standard InChI is InChI=1S/C21H19N5O2S/c27-18(22-15-10-11-15)13-29-21-24-23-20-25(12-14-6-2-1-3-7-14)19(28)16-8-4-5-9-17(16)26(20)21/h1-9,15H,10-13H2,(H,22,27). The maximum atomic E-state index is 13.2. The quantitative estimate of drug-likeness (QED) is 0.499. The first-order valence-electron chi connectivity index (χ1n) is 9.53. The van der Waals surface area contributed by atoms with Crippen molar-refractivity contribution in [1.29, 1.82) is 0 Å². The third kappa shape index (κ3) is 3.51. The van der Waals surface area contributed by atoms with Crippen LogP contribution in [-0.4, -0.2) is 36.9 Å². The van der Waals surface area contributed by atoms with Gasteiger partial charge < -0.3 is 5.32 Å². The molecule has 8 heteroatoms. The number of carbonyl (C=O) groups is 1. The zero-order valence-corrected chi connectivity index (χ0v) is 16.4. The van der Waals surface area contributed by atoms with E-state index in [0.29, 0.717) is 28.9 Å². The van der Waals surface area contributed by atoms with Crippen LogP contribution >= 0.6 is 11.8 Å². The predicted octanol–water partition coefficient (Wildman–Crippen LogP) is 2.46. The van der Waals surface area contributed by atoms with Crippen molar-refractivity contribution < 1.29 is 4.79 Å². The zero-order chi connectivity index (χ0) is 19.8. The van der Waals surface area contributed by atoms with Gasteiger partial charge >= 0.3 is 0 Å². The van der Waals surface area contributed by atoms with E-state index in [0.717, 1.165) is 23.9 Å². The van der Waals surface area contributed by atoms with Crippen molar-refractivity contribution in [3.8, 4) is 0 Å². The average Bonchev–Trinajstić information content (AvgIpc) is 3.46. The summed E-state index contributed by atoms with van der Waals surface area (Å²) in [7, 11) is 0. The summed E-state index contributed by atoms with van der Waals surface area (Å²) in [5.74, 6) is 0.738. The molecule has 2 heterocycles. The van der Waals surface area contributed by atoms with Crippen LogP contribution in [0.3, 0.4) is 0 Å². The Balaban J connectivity index is 1.59. The van der Waals surface area contributed by atoms with Gasteiger partial charge in [0.2, 0.25) is 11.7 Å². The molecular formula is C21H19N5O2S. The number of fused-ring (bicyclic) bond motifs is 3. The number of nitrogens with zero attached hydrogens (tertiary/aromatic N) is 4. The van der Waals surface area contributed by atoms with Gasteiger partial charge in [-0.05, 0) is 30.5 Å². The summed E-state index contributed by atoms with van der Waals surface area (Å²) < 4.78 is 3.51. The second kappa shape index (κ2) is 7.36. The van der Waals surface area contributed by atoms with Gasteiger partial charge in [0.25, 0.3) is 5.56 Å². The highest BCUT2D eigenvalue weighted by atomic mass is 32.2. The fourth-order valence-electron chi connectivity index (χ4n) is 3.36. The van der Waals surface area contributed by atoms with Crippen molar-refractivity contribution in [2.45, 2.75) is 30.6 Å². The molecule has 146 valence electrons. The van der Waals surface area contributed by atoms with Crippen LogP contribution in [0.25, 0.3) is 16.7 Å². The van der Waals surface area contributed by atoms with Crippen molar-refractivity contribution >= 4 is 34.3 Å². The third-order valence-electron chi connectivity index (χ3n) is 4.94. The fourth-order valence-corrected chi connectivity index (χ4v) is 4.11. The van der Waals surface area contributed by atoms with Gasteiger partial charge in [0.15, 0.2) is 5.16 Å². The zero-order valence-electron chi connectivity index (χ0n) is 15.6. The fraction of sp³-hybridized carbons (Fsp3) is 0.238. The number of carbonyl (C=O) groups excluding carboxylic acids is 1. The molecule has 4 aromatic rings. The van der Waals surface area contributed by atoms with E-state index in [2.05, 4.69) is 15.5 Å². The summed E-state index contributed by atoms with van der Waals surface area (Å²) in [6.07, 6.45) is 2.11. The molecule has 1 saturated carbocycles. The molecule has 0 bridgehead atoms. The Hall–Kier alpha value is -3.13. The van der Waals surface area contributed by atoms with Crippen LogP contribution in [0.1, 0.15) is 18.4 Å². The Kier molecular flexibility index (Phi) is 4.55. The number of para-hydroxylation sites is 1. The van der Waals surface area contributed by atoms with Crippen LogP contribution in [-0.2, 0) is 11.3 Å². The van der Waals surface area contributed by atoms with Crippen LogP contribution < -0.4 is 10.9 Å². The Labute approximate surface area is 170 Å². The van der Waals surface area contributed by atoms with Crippen LogP contribution in [0.4, 0.5) is 0 Å². The van der Waals surface area contributed by atoms with Crippen molar-refractivity contribution in [2.75, 3.05) is 5.75 Å². The Morgan fingerprint density at radius 2 is 1.83 bits per heavy atom. The van der Waals surface area contributed by atoms with Gasteiger partial charge in [0, 0.05) is 6.04 Å². The first-order valence-corrected chi connectivity index (χ1v) is 10.5. The van der Waals surface area contributed by atoms with Crippen LogP contribution in [0.5, 0.6) is 0 Å². The van der Waals surface area contributed by atoms with E-state index in [-0.39, 0.29) is 17.2 Å². The second-order valence-electron chi connectivity index (χ2n) is 7.14. The van der Waals surface area contributed by atoms with E-state index in [9.17, 15) is 9.59 Å². The van der Waals surface area contributed by atoms with E-state index in [4.69, 9.17) is 0 Å². The molecule has 0 unspecified atom stereocenters. The molecular weight excluding hydrogens is 386 g/mol. The van der Waals surface area contributed by atoms with E-state index >= 15 is 0 Å². The number of benzene rings is 2. The minimum Gasteiger partial charge on any atom is -0.353 e. The minimum atomic E-state index is -0.104. The van der Waals surface area contributed by atoms with E-state index in [1.807, 2.05) is 59.0 Å². The monoisotopic (exact) mass is 405 g/mol. The molecule has 7 nitrogen and oxygen atoms in total. The molecule has 5 rings (SSSR count). The molecule has 1 aliphatic rings. The summed E-state index contributed by atoms with van der Waals surface area (Å²) in [6.45, 7) is 0.402. The molecule has 0 spiro atoms. The summed E-state index contributed by atoms with van der Waals surface area (Å²) in [6, 6.07) is 17.6. The highest BCUT2D eigenvalue weighted by Gasteiger charge is 2.24. The van der Waals surface area contributed by atoms with E-state index in [1.165, 1.54) is 11.8 Å². The molecule has 29 heavy (non-hydrogen) atoms. The summed E-state index contributed by atoms with van der Waals surface area (Å²) in [5, 5.41) is 12.8. The SMILES string of the molecule is O=C(CSc1nnc2n(Cc3ccccc3)c(=O)c3ccccc3n12)NC1CC1. The number of nitrogens with one attached hydrogen (secondary N) is 1. The molecule has 1 fully saturated rings. The Morgan fingerprint density at radius 1 is 1.07 bits per heavy atom. The highest BCUT2D eigenvalue weighted by Crippen LogP contribution is 2.23. The maximum absolute atomic E-state index is 13.2. The number of aromatic nitrogens is 4. The van der Waals surface area contributed by atoms with Gasteiger partial charge in [0.05, 0.1) is 23.2 Å². The first kappa shape index (κ1) is 17.9. The number of amides is 1. The molecule has 1 aliphatic carbocycles. The van der Waals surface area contributed by atoms with Gasteiger partial charge in [0.1, 0.15) is 0 Å². The topological polar surface area (TPSA) is 81.3 Å². The van der Waals surface area contributed by atoms with Crippen LogP contribution in [0.2, 0.25) is 0 Å². The molecule has 0 radical (unpaired) electrons. The average molecular weight is 405 g/mol. The first-order chi connectivity index (χ1) is 14.2. The minimum absolute atomic E-state index is 0.00355. The number of hydrogen-bond acceptors (Lipinski definition) is 5. The van der Waals surface area contributed by atoms with Crippen LogP contribution in [0, 0.1) is 0 Å². The van der Waals surface area contributed by atoms with Crippen molar-refractivity contribution in [3.05, 3.63) is 70.5 Å². The van der Waals surface area contributed by atoms with E-state index in [1.54, 1.807) is 4.57 Å². The lowest BCUT2D eigenvalue weighted by Gasteiger charge is -2.11. The maximum Gasteiger partial charge on any atom is 0.263 e. The summed E-state index contributed by atoms with van der Waals surface area (Å²) >= 11 is 1.33. The Bertz CT molecular complexity index is 1260. The van der Waals surface area contributed by atoms with Gasteiger partial charge in [-0.3, -0.25) is 18.6 Å². The Morgan fingerprint density at radius 3 is 2.62 bits per heavy atom. The molecule has 1 amide bonds. The molecule has 2 aromatic carbocycles. The normalized spacial score (nSPS) is 13.8. The van der Waals surface area contributed by atoms with Crippen molar-refractivity contribution in [2.24, 2.45) is 0 Å². The molecule has 0 aliphatic heterocycles.